The lowest BCUT2D eigenvalue weighted by molar-refractivity contribution is 0.154. The third-order valence-corrected chi connectivity index (χ3v) is 4.99. The number of halogens is 2. The second-order valence-electron chi connectivity index (χ2n) is 6.57. The summed E-state index contributed by atoms with van der Waals surface area (Å²) in [6.07, 6.45) is 0.905. The molecule has 0 unspecified atom stereocenters. The van der Waals surface area contributed by atoms with E-state index in [0.717, 1.165) is 41.2 Å². The van der Waals surface area contributed by atoms with Crippen LogP contribution >= 0.6 is 0 Å². The Kier molecular flexibility index (Phi) is 3.51. The van der Waals surface area contributed by atoms with Gasteiger partial charge in [0.25, 0.3) is 6.43 Å². The number of anilines is 2. The minimum absolute atomic E-state index is 0.218. The van der Waals surface area contributed by atoms with Gasteiger partial charge in [-0.1, -0.05) is 0 Å². The SMILES string of the molecule is FC(F)CN1CCCc2cc(N3CCOc4ncnc5c4C3=N5)ccc21. The number of aliphatic imine (C=N–C) groups is 1. The number of nitrogens with zero attached hydrogens (tertiary/aromatic N) is 5. The van der Waals surface area contributed by atoms with E-state index in [1.54, 1.807) is 4.90 Å². The standard InChI is InChI=1S/C18H17F2N5O/c19-14(20)9-24-5-1-2-11-8-12(3-4-13(11)24)25-6-7-26-18-15-16(21-10-22-18)23-17(15)25/h3-4,8,10,14H,1-2,5-7,9H2. The van der Waals surface area contributed by atoms with Crippen molar-refractivity contribution in [2.75, 3.05) is 36.0 Å². The minimum Gasteiger partial charge on any atom is -0.475 e. The van der Waals surface area contributed by atoms with Gasteiger partial charge in [0.2, 0.25) is 5.88 Å². The molecule has 5 rings (SSSR count). The highest BCUT2D eigenvalue weighted by Gasteiger charge is 2.34. The van der Waals surface area contributed by atoms with Gasteiger partial charge >= 0.3 is 0 Å². The first-order chi connectivity index (χ1) is 12.7. The lowest BCUT2D eigenvalue weighted by Crippen LogP contribution is -2.36. The van der Waals surface area contributed by atoms with Crippen molar-refractivity contribution in [2.45, 2.75) is 19.3 Å². The first kappa shape index (κ1) is 15.5. The predicted molar refractivity (Wildman–Crippen MR) is 94.1 cm³/mol. The molecule has 1 aromatic carbocycles. The van der Waals surface area contributed by atoms with Crippen LogP contribution in [0.3, 0.4) is 0 Å². The molecule has 3 aliphatic rings. The van der Waals surface area contributed by atoms with E-state index >= 15 is 0 Å². The molecule has 0 amide bonds. The van der Waals surface area contributed by atoms with Gasteiger partial charge in [-0.15, -0.1) is 0 Å². The summed E-state index contributed by atoms with van der Waals surface area (Å²) >= 11 is 0. The van der Waals surface area contributed by atoms with Gasteiger partial charge < -0.3 is 14.5 Å². The van der Waals surface area contributed by atoms with Gasteiger partial charge in [-0.3, -0.25) is 0 Å². The molecule has 8 heteroatoms. The molecule has 4 heterocycles. The maximum atomic E-state index is 12.8. The van der Waals surface area contributed by atoms with Crippen LogP contribution in [0.1, 0.15) is 17.5 Å². The van der Waals surface area contributed by atoms with Crippen LogP contribution in [-0.4, -0.2) is 48.5 Å². The van der Waals surface area contributed by atoms with Crippen LogP contribution in [0.2, 0.25) is 0 Å². The Bertz CT molecular complexity index is 901. The van der Waals surface area contributed by atoms with Crippen molar-refractivity contribution in [2.24, 2.45) is 4.99 Å². The van der Waals surface area contributed by atoms with Crippen molar-refractivity contribution in [3.63, 3.8) is 0 Å². The number of amidine groups is 1. The number of hydrogen-bond acceptors (Lipinski definition) is 6. The minimum atomic E-state index is -2.33. The zero-order valence-corrected chi connectivity index (χ0v) is 14.0. The lowest BCUT2D eigenvalue weighted by atomic mass is 10.00. The summed E-state index contributed by atoms with van der Waals surface area (Å²) in [5.41, 5.74) is 3.85. The fourth-order valence-electron chi connectivity index (χ4n) is 3.83. The highest BCUT2D eigenvalue weighted by atomic mass is 19.3. The third-order valence-electron chi connectivity index (χ3n) is 4.99. The van der Waals surface area contributed by atoms with Crippen molar-refractivity contribution in [3.8, 4) is 5.88 Å². The number of hydrogen-bond donors (Lipinski definition) is 0. The zero-order valence-electron chi connectivity index (χ0n) is 14.0. The van der Waals surface area contributed by atoms with E-state index in [2.05, 4.69) is 25.9 Å². The average Bonchev–Trinajstić information content (AvgIpc) is 2.78. The number of rotatable bonds is 3. The van der Waals surface area contributed by atoms with Crippen molar-refractivity contribution in [1.82, 2.24) is 9.97 Å². The topological polar surface area (TPSA) is 53.9 Å². The fourth-order valence-corrected chi connectivity index (χ4v) is 3.83. The summed E-state index contributed by atoms with van der Waals surface area (Å²) in [5, 5.41) is 0. The maximum Gasteiger partial charge on any atom is 0.255 e. The van der Waals surface area contributed by atoms with Gasteiger partial charge in [0, 0.05) is 17.9 Å². The maximum absolute atomic E-state index is 12.8. The Morgan fingerprint density at radius 1 is 1.19 bits per heavy atom. The smallest absolute Gasteiger partial charge is 0.255 e. The number of ether oxygens (including phenoxy) is 1. The van der Waals surface area contributed by atoms with Crippen molar-refractivity contribution in [1.29, 1.82) is 0 Å². The average molecular weight is 357 g/mol. The molecule has 0 atom stereocenters. The summed E-state index contributed by atoms with van der Waals surface area (Å²) in [4.78, 5) is 16.7. The number of aryl methyl sites for hydroxylation is 1. The van der Waals surface area contributed by atoms with E-state index in [1.807, 2.05) is 12.1 Å². The molecule has 6 nitrogen and oxygen atoms in total. The summed E-state index contributed by atoms with van der Waals surface area (Å²) in [6, 6.07) is 6.00. The van der Waals surface area contributed by atoms with Gasteiger partial charge in [-0.05, 0) is 36.6 Å². The molecule has 26 heavy (non-hydrogen) atoms. The van der Waals surface area contributed by atoms with E-state index in [0.29, 0.717) is 31.4 Å². The molecule has 0 saturated heterocycles. The van der Waals surface area contributed by atoms with Gasteiger partial charge in [-0.25, -0.2) is 23.7 Å². The fraction of sp³-hybridized carbons (Fsp3) is 0.389. The van der Waals surface area contributed by atoms with Crippen LogP contribution in [0, 0.1) is 0 Å². The van der Waals surface area contributed by atoms with Crippen molar-refractivity contribution >= 4 is 23.0 Å². The Labute approximate surface area is 149 Å². The van der Waals surface area contributed by atoms with E-state index in [9.17, 15) is 8.78 Å². The molecular weight excluding hydrogens is 340 g/mol. The Morgan fingerprint density at radius 2 is 2.12 bits per heavy atom. The largest absolute Gasteiger partial charge is 0.475 e. The molecule has 1 aromatic heterocycles. The van der Waals surface area contributed by atoms with E-state index < -0.39 is 6.43 Å². The van der Waals surface area contributed by atoms with Crippen LogP contribution in [0.25, 0.3) is 0 Å². The molecule has 0 bridgehead atoms. The van der Waals surface area contributed by atoms with Gasteiger partial charge in [0.05, 0.1) is 13.1 Å². The Balaban J connectivity index is 1.49. The van der Waals surface area contributed by atoms with Crippen LogP contribution in [-0.2, 0) is 6.42 Å². The molecule has 0 spiro atoms. The molecule has 0 fully saturated rings. The molecular formula is C18H17F2N5O. The summed E-state index contributed by atoms with van der Waals surface area (Å²) in [7, 11) is 0. The first-order valence-corrected chi connectivity index (χ1v) is 8.71. The van der Waals surface area contributed by atoms with Crippen LogP contribution in [0.5, 0.6) is 5.88 Å². The number of aromatic nitrogens is 2. The third kappa shape index (κ3) is 2.40. The van der Waals surface area contributed by atoms with E-state index in [1.165, 1.54) is 6.33 Å². The normalized spacial score (nSPS) is 17.7. The zero-order chi connectivity index (χ0) is 17.7. The number of alkyl halides is 2. The Morgan fingerprint density at radius 3 is 3.00 bits per heavy atom. The van der Waals surface area contributed by atoms with Crippen LogP contribution in [0.15, 0.2) is 29.5 Å². The highest BCUT2D eigenvalue weighted by molar-refractivity contribution is 6.20. The molecule has 0 saturated carbocycles. The monoisotopic (exact) mass is 357 g/mol. The number of benzene rings is 1. The second-order valence-corrected chi connectivity index (χ2v) is 6.57. The highest BCUT2D eigenvalue weighted by Crippen LogP contribution is 2.39. The molecule has 0 radical (unpaired) electrons. The molecule has 2 aromatic rings. The summed E-state index contributed by atoms with van der Waals surface area (Å²) in [6.45, 7) is 1.60. The lowest BCUT2D eigenvalue weighted by Gasteiger charge is -2.33. The molecule has 3 aliphatic heterocycles. The molecule has 0 N–H and O–H groups in total. The van der Waals surface area contributed by atoms with Crippen molar-refractivity contribution in [3.05, 3.63) is 35.7 Å². The molecule has 0 aliphatic carbocycles. The van der Waals surface area contributed by atoms with Gasteiger partial charge in [-0.2, -0.15) is 0 Å². The second kappa shape index (κ2) is 5.89. The van der Waals surface area contributed by atoms with Crippen LogP contribution < -0.4 is 14.5 Å². The summed E-state index contributed by atoms with van der Waals surface area (Å²) < 4.78 is 31.4. The predicted octanol–water partition coefficient (Wildman–Crippen LogP) is 2.79. The first-order valence-electron chi connectivity index (χ1n) is 8.71. The quantitative estimate of drug-likeness (QED) is 0.846. The van der Waals surface area contributed by atoms with Gasteiger partial charge in [0.1, 0.15) is 18.5 Å². The van der Waals surface area contributed by atoms with Gasteiger partial charge in [0.15, 0.2) is 11.7 Å². The van der Waals surface area contributed by atoms with E-state index in [-0.39, 0.29) is 6.54 Å². The Hall–Kier alpha value is -2.77. The summed E-state index contributed by atoms with van der Waals surface area (Å²) in [5.74, 6) is 2.04. The van der Waals surface area contributed by atoms with Crippen LogP contribution in [0.4, 0.5) is 26.0 Å². The number of fused-ring (bicyclic) bond motifs is 1. The molecule has 134 valence electrons. The van der Waals surface area contributed by atoms with E-state index in [4.69, 9.17) is 4.74 Å². The van der Waals surface area contributed by atoms with Crippen molar-refractivity contribution < 1.29 is 13.5 Å².